The second-order valence-electron chi connectivity index (χ2n) is 4.64. The van der Waals surface area contributed by atoms with Crippen LogP contribution >= 0.6 is 0 Å². The van der Waals surface area contributed by atoms with Gasteiger partial charge in [0.15, 0.2) is 0 Å². The lowest BCUT2D eigenvalue weighted by Gasteiger charge is -2.22. The van der Waals surface area contributed by atoms with Gasteiger partial charge < -0.3 is 9.64 Å². The van der Waals surface area contributed by atoms with Crippen LogP contribution in [0, 0.1) is 0 Å². The normalized spacial score (nSPS) is 16.8. The molecule has 0 amide bonds. The van der Waals surface area contributed by atoms with Crippen molar-refractivity contribution >= 4 is 5.78 Å². The van der Waals surface area contributed by atoms with E-state index in [-0.39, 0.29) is 5.78 Å². The molecule has 1 N–H and O–H groups in total. The maximum atomic E-state index is 12.1. The maximum absolute atomic E-state index is 12.1. The molecule has 1 saturated heterocycles. The minimum atomic E-state index is 0.240. The molecule has 3 nitrogen and oxygen atoms in total. The molecular weight excluding hydrogens is 214 g/mol. The number of quaternary nitrogens is 1. The minimum absolute atomic E-state index is 0.240. The quantitative estimate of drug-likeness (QED) is 0.786. The van der Waals surface area contributed by atoms with E-state index in [1.54, 1.807) is 7.11 Å². The van der Waals surface area contributed by atoms with Crippen molar-refractivity contribution in [3.05, 3.63) is 29.8 Å². The van der Waals surface area contributed by atoms with Gasteiger partial charge >= 0.3 is 0 Å². The highest BCUT2D eigenvalue weighted by Crippen LogP contribution is 2.11. The number of piperidine rings is 1. The summed E-state index contributed by atoms with van der Waals surface area (Å²) in [7, 11) is 1.63. The van der Waals surface area contributed by atoms with Gasteiger partial charge in [-0.05, 0) is 43.5 Å². The van der Waals surface area contributed by atoms with Crippen LogP contribution in [0.3, 0.4) is 0 Å². The van der Waals surface area contributed by atoms with Gasteiger partial charge in [-0.3, -0.25) is 4.79 Å². The Bertz CT molecular complexity index is 366. The van der Waals surface area contributed by atoms with Crippen LogP contribution in [-0.4, -0.2) is 32.5 Å². The van der Waals surface area contributed by atoms with E-state index in [1.165, 1.54) is 24.2 Å². The van der Waals surface area contributed by atoms with Gasteiger partial charge in [0.2, 0.25) is 5.78 Å². The maximum Gasteiger partial charge on any atom is 0.216 e. The number of nitrogens with one attached hydrogen (secondary N) is 1. The predicted molar refractivity (Wildman–Crippen MR) is 66.7 cm³/mol. The van der Waals surface area contributed by atoms with Crippen molar-refractivity contribution in [2.45, 2.75) is 19.3 Å². The second kappa shape index (κ2) is 5.82. The molecule has 1 heterocycles. The van der Waals surface area contributed by atoms with Crippen LogP contribution in [0.2, 0.25) is 0 Å². The zero-order chi connectivity index (χ0) is 12.1. The number of ether oxygens (including phenoxy) is 1. The zero-order valence-electron chi connectivity index (χ0n) is 10.4. The first kappa shape index (κ1) is 12.1. The number of carbonyl (C=O) groups excluding carboxylic acids is 1. The molecule has 1 aliphatic rings. The lowest BCUT2D eigenvalue weighted by atomic mass is 10.1. The summed E-state index contributed by atoms with van der Waals surface area (Å²) >= 11 is 0. The first-order valence-electron chi connectivity index (χ1n) is 6.30. The topological polar surface area (TPSA) is 30.7 Å². The first-order valence-corrected chi connectivity index (χ1v) is 6.30. The average molecular weight is 234 g/mol. The molecule has 0 aliphatic carbocycles. The van der Waals surface area contributed by atoms with E-state index in [2.05, 4.69) is 0 Å². The summed E-state index contributed by atoms with van der Waals surface area (Å²) in [6, 6.07) is 7.40. The minimum Gasteiger partial charge on any atom is -0.497 e. The van der Waals surface area contributed by atoms with E-state index in [0.29, 0.717) is 6.54 Å². The van der Waals surface area contributed by atoms with Crippen molar-refractivity contribution in [2.75, 3.05) is 26.7 Å². The van der Waals surface area contributed by atoms with Gasteiger partial charge in [0, 0.05) is 5.56 Å². The van der Waals surface area contributed by atoms with Crippen LogP contribution in [0.25, 0.3) is 0 Å². The summed E-state index contributed by atoms with van der Waals surface area (Å²) in [5.74, 6) is 1.04. The summed E-state index contributed by atoms with van der Waals surface area (Å²) in [5, 5.41) is 0. The molecule has 1 aromatic carbocycles. The third-order valence-corrected chi connectivity index (χ3v) is 3.38. The Morgan fingerprint density at radius 2 is 1.82 bits per heavy atom. The number of hydrogen-bond acceptors (Lipinski definition) is 2. The van der Waals surface area contributed by atoms with Crippen molar-refractivity contribution in [1.29, 1.82) is 0 Å². The van der Waals surface area contributed by atoms with Crippen LogP contribution in [0.5, 0.6) is 5.75 Å². The molecule has 1 aliphatic heterocycles. The third kappa shape index (κ3) is 3.30. The van der Waals surface area contributed by atoms with Crippen LogP contribution < -0.4 is 9.64 Å². The van der Waals surface area contributed by atoms with Gasteiger partial charge in [0.1, 0.15) is 12.3 Å². The molecule has 1 aromatic rings. The molecular formula is C14H20NO2+. The molecule has 17 heavy (non-hydrogen) atoms. The number of benzene rings is 1. The van der Waals surface area contributed by atoms with Crippen molar-refractivity contribution < 1.29 is 14.4 Å². The van der Waals surface area contributed by atoms with E-state index in [4.69, 9.17) is 4.74 Å². The summed E-state index contributed by atoms with van der Waals surface area (Å²) < 4.78 is 5.08. The van der Waals surface area contributed by atoms with Gasteiger partial charge in [-0.1, -0.05) is 0 Å². The summed E-state index contributed by atoms with van der Waals surface area (Å²) in [6.07, 6.45) is 3.83. The molecule has 0 spiro atoms. The molecule has 0 radical (unpaired) electrons. The SMILES string of the molecule is COc1ccc(C(=O)C[NH+]2CCCCC2)cc1. The monoisotopic (exact) mass is 234 g/mol. The number of carbonyl (C=O) groups is 1. The number of likely N-dealkylation sites (tertiary alicyclic amines) is 1. The van der Waals surface area contributed by atoms with Crippen LogP contribution in [0.4, 0.5) is 0 Å². The lowest BCUT2D eigenvalue weighted by Crippen LogP contribution is -3.13. The number of methoxy groups -OCH3 is 1. The molecule has 92 valence electrons. The number of hydrogen-bond donors (Lipinski definition) is 1. The van der Waals surface area contributed by atoms with Gasteiger partial charge in [-0.25, -0.2) is 0 Å². The molecule has 0 unspecified atom stereocenters. The fourth-order valence-corrected chi connectivity index (χ4v) is 2.33. The van der Waals surface area contributed by atoms with Crippen LogP contribution in [0.1, 0.15) is 29.6 Å². The van der Waals surface area contributed by atoms with E-state index in [1.807, 2.05) is 24.3 Å². The fraction of sp³-hybridized carbons (Fsp3) is 0.500. The van der Waals surface area contributed by atoms with Crippen molar-refractivity contribution in [1.82, 2.24) is 0 Å². The Hall–Kier alpha value is -1.35. The second-order valence-corrected chi connectivity index (χ2v) is 4.64. The molecule has 3 heteroatoms. The highest BCUT2D eigenvalue weighted by atomic mass is 16.5. The van der Waals surface area contributed by atoms with Crippen molar-refractivity contribution in [2.24, 2.45) is 0 Å². The predicted octanol–water partition coefficient (Wildman–Crippen LogP) is 0.947. The fourth-order valence-electron chi connectivity index (χ4n) is 2.33. The van der Waals surface area contributed by atoms with Crippen molar-refractivity contribution in [3.63, 3.8) is 0 Å². The zero-order valence-corrected chi connectivity index (χ0v) is 10.4. The highest BCUT2D eigenvalue weighted by Gasteiger charge is 2.18. The Kier molecular flexibility index (Phi) is 4.15. The average Bonchev–Trinajstić information content (AvgIpc) is 2.40. The summed E-state index contributed by atoms with van der Waals surface area (Å²) in [4.78, 5) is 13.5. The largest absolute Gasteiger partial charge is 0.497 e. The number of Topliss-reactive ketones (excluding diaryl/α,β-unsaturated/α-hetero) is 1. The molecule has 0 aromatic heterocycles. The Balaban J connectivity index is 1.93. The standard InChI is InChI=1S/C14H19NO2/c1-17-13-7-5-12(6-8-13)14(16)11-15-9-3-2-4-10-15/h5-8H,2-4,9-11H2,1H3/p+1. The Labute approximate surface area is 102 Å². The highest BCUT2D eigenvalue weighted by molar-refractivity contribution is 5.96. The molecule has 1 fully saturated rings. The van der Waals surface area contributed by atoms with Crippen LogP contribution in [0.15, 0.2) is 24.3 Å². The van der Waals surface area contributed by atoms with Gasteiger partial charge in [0.05, 0.1) is 20.2 Å². The van der Waals surface area contributed by atoms with E-state index in [0.717, 1.165) is 24.4 Å². The number of rotatable bonds is 4. The summed E-state index contributed by atoms with van der Waals surface area (Å²) in [5.41, 5.74) is 0.795. The van der Waals surface area contributed by atoms with E-state index >= 15 is 0 Å². The van der Waals surface area contributed by atoms with Gasteiger partial charge in [0.25, 0.3) is 0 Å². The van der Waals surface area contributed by atoms with Gasteiger partial charge in [-0.2, -0.15) is 0 Å². The van der Waals surface area contributed by atoms with E-state index in [9.17, 15) is 4.79 Å². The molecule has 2 rings (SSSR count). The molecule has 0 bridgehead atoms. The molecule has 0 atom stereocenters. The van der Waals surface area contributed by atoms with Crippen molar-refractivity contribution in [3.8, 4) is 5.75 Å². The molecule has 0 saturated carbocycles. The van der Waals surface area contributed by atoms with Crippen LogP contribution in [-0.2, 0) is 0 Å². The van der Waals surface area contributed by atoms with Gasteiger partial charge in [-0.15, -0.1) is 0 Å². The lowest BCUT2D eigenvalue weighted by molar-refractivity contribution is -0.896. The Morgan fingerprint density at radius 3 is 2.41 bits per heavy atom. The Morgan fingerprint density at radius 1 is 1.18 bits per heavy atom. The third-order valence-electron chi connectivity index (χ3n) is 3.38. The summed E-state index contributed by atoms with van der Waals surface area (Å²) in [6.45, 7) is 2.91. The van der Waals surface area contributed by atoms with E-state index < -0.39 is 0 Å². The number of ketones is 1. The first-order chi connectivity index (χ1) is 8.29. The smallest absolute Gasteiger partial charge is 0.216 e.